The molecule has 1 aliphatic rings. The molecule has 0 N–H and O–H groups in total. The number of benzene rings is 1. The average molecular weight is 288 g/mol. The molecule has 1 saturated heterocycles. The molecule has 1 aromatic carbocycles. The summed E-state index contributed by atoms with van der Waals surface area (Å²) in [6, 6.07) is 6.25. The highest BCUT2D eigenvalue weighted by molar-refractivity contribution is 7.91. The number of hydrogen-bond acceptors (Lipinski definition) is 3. The molecule has 96 valence electrons. The summed E-state index contributed by atoms with van der Waals surface area (Å²) in [7, 11) is -3.18. The van der Waals surface area contributed by atoms with E-state index in [4.69, 9.17) is 11.6 Å². The molecule has 0 radical (unpaired) electrons. The van der Waals surface area contributed by atoms with E-state index in [0.29, 0.717) is 5.56 Å². The maximum absolute atomic E-state index is 13.7. The molecule has 1 aliphatic heterocycles. The Morgan fingerprint density at radius 3 is 2.72 bits per heavy atom. The normalized spacial score (nSPS) is 25.8. The van der Waals surface area contributed by atoms with Crippen molar-refractivity contribution in [1.29, 1.82) is 5.26 Å². The second-order valence-electron chi connectivity index (χ2n) is 4.65. The smallest absolute Gasteiger partial charge is 0.151 e. The van der Waals surface area contributed by atoms with Crippen molar-refractivity contribution in [2.75, 3.05) is 11.5 Å². The zero-order valence-electron chi connectivity index (χ0n) is 9.49. The van der Waals surface area contributed by atoms with Crippen molar-refractivity contribution in [3.8, 4) is 6.07 Å². The van der Waals surface area contributed by atoms with E-state index in [1.165, 1.54) is 18.2 Å². The molecule has 0 aromatic heterocycles. The summed E-state index contributed by atoms with van der Waals surface area (Å²) in [6.45, 7) is 0. The second kappa shape index (κ2) is 4.52. The van der Waals surface area contributed by atoms with Gasteiger partial charge in [0.15, 0.2) is 9.84 Å². The molecular weight excluding hydrogens is 277 g/mol. The first-order valence-corrected chi connectivity index (χ1v) is 7.61. The molecule has 1 fully saturated rings. The lowest BCUT2D eigenvalue weighted by molar-refractivity contribution is 0.439. The SMILES string of the molecule is N#CC1(Cc2ccc(Cl)cc2F)CCS(=O)(=O)C1. The third-order valence-corrected chi connectivity index (χ3v) is 5.22. The van der Waals surface area contributed by atoms with E-state index >= 15 is 0 Å². The Bertz CT molecular complexity index is 623. The topological polar surface area (TPSA) is 57.9 Å². The van der Waals surface area contributed by atoms with Gasteiger partial charge < -0.3 is 0 Å². The van der Waals surface area contributed by atoms with E-state index in [1.54, 1.807) is 0 Å². The maximum Gasteiger partial charge on any atom is 0.151 e. The number of halogens is 2. The summed E-state index contributed by atoms with van der Waals surface area (Å²) >= 11 is 5.65. The first-order valence-electron chi connectivity index (χ1n) is 5.41. The molecule has 2 rings (SSSR count). The first-order chi connectivity index (χ1) is 8.36. The summed E-state index contributed by atoms with van der Waals surface area (Å²) in [5.41, 5.74) is -0.675. The second-order valence-corrected chi connectivity index (χ2v) is 7.27. The number of nitrogens with zero attached hydrogens (tertiary/aromatic N) is 1. The molecule has 1 unspecified atom stereocenters. The molecular formula is C12H11ClFNO2S. The van der Waals surface area contributed by atoms with Gasteiger partial charge in [0.2, 0.25) is 0 Å². The molecule has 6 heteroatoms. The summed E-state index contributed by atoms with van der Waals surface area (Å²) in [5.74, 6) is -0.699. The molecule has 1 atom stereocenters. The average Bonchev–Trinajstić information content (AvgIpc) is 2.59. The Hall–Kier alpha value is -1.12. The number of nitriles is 1. The van der Waals surface area contributed by atoms with Crippen molar-refractivity contribution in [3.63, 3.8) is 0 Å². The van der Waals surface area contributed by atoms with Crippen molar-refractivity contribution in [3.05, 3.63) is 34.6 Å². The minimum atomic E-state index is -3.18. The standard InChI is InChI=1S/C12H11ClFNO2S/c13-10-2-1-9(11(14)5-10)6-12(7-15)3-4-18(16,17)8-12/h1-2,5H,3-4,6,8H2. The predicted molar refractivity (Wildman–Crippen MR) is 66.4 cm³/mol. The Kier molecular flexibility index (Phi) is 3.35. The third-order valence-electron chi connectivity index (χ3n) is 3.17. The molecule has 0 amide bonds. The number of rotatable bonds is 2. The molecule has 0 saturated carbocycles. The summed E-state index contributed by atoms with van der Waals surface area (Å²) in [5, 5.41) is 9.47. The van der Waals surface area contributed by atoms with Gasteiger partial charge in [-0.2, -0.15) is 5.26 Å². The van der Waals surface area contributed by atoms with Gasteiger partial charge in [-0.05, 0) is 30.5 Å². The Balaban J connectivity index is 2.30. The van der Waals surface area contributed by atoms with Crippen LogP contribution in [0.4, 0.5) is 4.39 Å². The van der Waals surface area contributed by atoms with Gasteiger partial charge in [0.25, 0.3) is 0 Å². The van der Waals surface area contributed by atoms with Crippen molar-refractivity contribution in [2.24, 2.45) is 5.41 Å². The van der Waals surface area contributed by atoms with Gasteiger partial charge in [-0.1, -0.05) is 17.7 Å². The van der Waals surface area contributed by atoms with Crippen LogP contribution in [0.25, 0.3) is 0 Å². The van der Waals surface area contributed by atoms with E-state index in [1.807, 2.05) is 6.07 Å². The van der Waals surface area contributed by atoms with E-state index in [2.05, 4.69) is 0 Å². The highest BCUT2D eigenvalue weighted by Gasteiger charge is 2.43. The van der Waals surface area contributed by atoms with E-state index < -0.39 is 21.1 Å². The van der Waals surface area contributed by atoms with Crippen molar-refractivity contribution < 1.29 is 12.8 Å². The maximum atomic E-state index is 13.7. The minimum absolute atomic E-state index is 0.00420. The van der Waals surface area contributed by atoms with Gasteiger partial charge in [0.1, 0.15) is 5.82 Å². The summed E-state index contributed by atoms with van der Waals surface area (Å²) < 4.78 is 36.6. The third kappa shape index (κ3) is 2.65. The van der Waals surface area contributed by atoms with Crippen LogP contribution in [0.15, 0.2) is 18.2 Å². The minimum Gasteiger partial charge on any atom is -0.229 e. The monoisotopic (exact) mass is 287 g/mol. The fraction of sp³-hybridized carbons (Fsp3) is 0.417. The van der Waals surface area contributed by atoms with Crippen LogP contribution >= 0.6 is 11.6 Å². The molecule has 0 spiro atoms. The number of sulfone groups is 1. The van der Waals surface area contributed by atoms with Crippen LogP contribution < -0.4 is 0 Å². The van der Waals surface area contributed by atoms with E-state index in [9.17, 15) is 18.1 Å². The van der Waals surface area contributed by atoms with Gasteiger partial charge in [-0.3, -0.25) is 0 Å². The number of hydrogen-bond donors (Lipinski definition) is 0. The largest absolute Gasteiger partial charge is 0.229 e. The first kappa shape index (κ1) is 13.3. The predicted octanol–water partition coefficient (Wildman–Crippen LogP) is 2.35. The van der Waals surface area contributed by atoms with Crippen molar-refractivity contribution in [1.82, 2.24) is 0 Å². The summed E-state index contributed by atoms with van der Waals surface area (Å²) in [6.07, 6.45) is 0.361. The van der Waals surface area contributed by atoms with Crippen LogP contribution in [-0.4, -0.2) is 19.9 Å². The van der Waals surface area contributed by atoms with Gasteiger partial charge in [0.05, 0.1) is 23.0 Å². The van der Waals surface area contributed by atoms with Crippen LogP contribution in [0.1, 0.15) is 12.0 Å². The van der Waals surface area contributed by atoms with E-state index in [0.717, 1.165) is 0 Å². The van der Waals surface area contributed by atoms with Crippen LogP contribution in [-0.2, 0) is 16.3 Å². The lowest BCUT2D eigenvalue weighted by atomic mass is 9.82. The van der Waals surface area contributed by atoms with Crippen LogP contribution in [0.3, 0.4) is 0 Å². The molecule has 1 heterocycles. The zero-order valence-corrected chi connectivity index (χ0v) is 11.1. The zero-order chi connectivity index (χ0) is 13.4. The molecule has 0 bridgehead atoms. The van der Waals surface area contributed by atoms with Crippen molar-refractivity contribution >= 4 is 21.4 Å². The summed E-state index contributed by atoms with van der Waals surface area (Å²) in [4.78, 5) is 0. The van der Waals surface area contributed by atoms with Crippen LogP contribution in [0.5, 0.6) is 0 Å². The highest BCUT2D eigenvalue weighted by Crippen LogP contribution is 2.36. The Morgan fingerprint density at radius 1 is 1.50 bits per heavy atom. The van der Waals surface area contributed by atoms with Gasteiger partial charge in [0, 0.05) is 5.02 Å². The van der Waals surface area contributed by atoms with Crippen molar-refractivity contribution in [2.45, 2.75) is 12.8 Å². The Labute approximate surface area is 110 Å². The van der Waals surface area contributed by atoms with Gasteiger partial charge in [-0.15, -0.1) is 0 Å². The molecule has 0 aliphatic carbocycles. The lowest BCUT2D eigenvalue weighted by Gasteiger charge is -2.18. The fourth-order valence-corrected chi connectivity index (χ4v) is 4.37. The lowest BCUT2D eigenvalue weighted by Crippen LogP contribution is -2.23. The van der Waals surface area contributed by atoms with Gasteiger partial charge >= 0.3 is 0 Å². The molecule has 3 nitrogen and oxygen atoms in total. The van der Waals surface area contributed by atoms with Crippen LogP contribution in [0, 0.1) is 22.6 Å². The highest BCUT2D eigenvalue weighted by atomic mass is 35.5. The van der Waals surface area contributed by atoms with Crippen LogP contribution in [0.2, 0.25) is 5.02 Å². The Morgan fingerprint density at radius 2 is 2.22 bits per heavy atom. The molecule has 1 aromatic rings. The van der Waals surface area contributed by atoms with Gasteiger partial charge in [-0.25, -0.2) is 12.8 Å². The molecule has 18 heavy (non-hydrogen) atoms. The quantitative estimate of drug-likeness (QED) is 0.839. The fourth-order valence-electron chi connectivity index (χ4n) is 2.21. The van der Waals surface area contributed by atoms with E-state index in [-0.39, 0.29) is 29.4 Å².